The highest BCUT2D eigenvalue weighted by molar-refractivity contribution is 6.32. The second-order valence-electron chi connectivity index (χ2n) is 5.60. The standard InChI is InChI=1S/C15H22ClNO2/c1-15(9-18-10-15)11-19-14-6-5-12(8-13(14)16)4-2-3-7-17/h5-6,8H,2-4,7,9-11,17H2,1H3. The minimum atomic E-state index is 0.142. The topological polar surface area (TPSA) is 44.5 Å². The molecular weight excluding hydrogens is 262 g/mol. The molecule has 1 saturated heterocycles. The molecule has 3 nitrogen and oxygen atoms in total. The lowest BCUT2D eigenvalue weighted by Crippen LogP contribution is -2.44. The predicted octanol–water partition coefficient (Wildman–Crippen LogP) is 3.04. The van der Waals surface area contributed by atoms with Crippen LogP contribution in [0, 0.1) is 5.41 Å². The number of aryl methyl sites for hydroxylation is 1. The Kier molecular flexibility index (Phi) is 5.08. The van der Waals surface area contributed by atoms with Crippen molar-refractivity contribution in [3.8, 4) is 5.75 Å². The van der Waals surface area contributed by atoms with Crippen molar-refractivity contribution in [1.82, 2.24) is 0 Å². The Morgan fingerprint density at radius 1 is 1.37 bits per heavy atom. The van der Waals surface area contributed by atoms with Gasteiger partial charge in [-0.05, 0) is 43.5 Å². The minimum Gasteiger partial charge on any atom is -0.491 e. The summed E-state index contributed by atoms with van der Waals surface area (Å²) in [5.74, 6) is 0.761. The number of ether oxygens (including phenoxy) is 2. The fourth-order valence-corrected chi connectivity index (χ4v) is 2.33. The minimum absolute atomic E-state index is 0.142. The zero-order valence-electron chi connectivity index (χ0n) is 11.5. The summed E-state index contributed by atoms with van der Waals surface area (Å²) in [6.07, 6.45) is 3.17. The summed E-state index contributed by atoms with van der Waals surface area (Å²) >= 11 is 6.25. The molecule has 1 heterocycles. The Morgan fingerprint density at radius 2 is 2.16 bits per heavy atom. The lowest BCUT2D eigenvalue weighted by molar-refractivity contribution is -0.120. The van der Waals surface area contributed by atoms with E-state index in [-0.39, 0.29) is 5.41 Å². The van der Waals surface area contributed by atoms with Crippen molar-refractivity contribution < 1.29 is 9.47 Å². The number of benzene rings is 1. The van der Waals surface area contributed by atoms with Gasteiger partial charge >= 0.3 is 0 Å². The predicted molar refractivity (Wildman–Crippen MR) is 77.9 cm³/mol. The fourth-order valence-electron chi connectivity index (χ4n) is 2.08. The average molecular weight is 284 g/mol. The largest absolute Gasteiger partial charge is 0.491 e. The molecule has 19 heavy (non-hydrogen) atoms. The molecule has 0 aromatic heterocycles. The lowest BCUT2D eigenvalue weighted by Gasteiger charge is -2.37. The highest BCUT2D eigenvalue weighted by Gasteiger charge is 2.34. The van der Waals surface area contributed by atoms with E-state index in [1.807, 2.05) is 12.1 Å². The molecular formula is C15H22ClNO2. The number of rotatable bonds is 7. The first-order valence-electron chi connectivity index (χ1n) is 6.82. The van der Waals surface area contributed by atoms with E-state index in [0.717, 1.165) is 44.8 Å². The summed E-state index contributed by atoms with van der Waals surface area (Å²) < 4.78 is 11.0. The van der Waals surface area contributed by atoms with E-state index in [0.29, 0.717) is 11.6 Å². The molecule has 1 aromatic carbocycles. The lowest BCUT2D eigenvalue weighted by atomic mass is 9.90. The van der Waals surface area contributed by atoms with E-state index < -0.39 is 0 Å². The molecule has 0 atom stereocenters. The van der Waals surface area contributed by atoms with Crippen LogP contribution in [0.1, 0.15) is 25.3 Å². The Balaban J connectivity index is 1.87. The second kappa shape index (κ2) is 6.60. The molecule has 1 aromatic rings. The molecule has 0 amide bonds. The van der Waals surface area contributed by atoms with E-state index in [4.69, 9.17) is 26.8 Å². The van der Waals surface area contributed by atoms with Crippen molar-refractivity contribution in [2.45, 2.75) is 26.2 Å². The van der Waals surface area contributed by atoms with E-state index in [2.05, 4.69) is 13.0 Å². The van der Waals surface area contributed by atoms with Gasteiger partial charge in [0.25, 0.3) is 0 Å². The van der Waals surface area contributed by atoms with E-state index >= 15 is 0 Å². The van der Waals surface area contributed by atoms with Gasteiger partial charge in [-0.15, -0.1) is 0 Å². The van der Waals surface area contributed by atoms with Crippen LogP contribution in [0.5, 0.6) is 5.75 Å². The average Bonchev–Trinajstić information content (AvgIpc) is 2.36. The maximum atomic E-state index is 6.25. The van der Waals surface area contributed by atoms with Crippen LogP contribution in [-0.2, 0) is 11.2 Å². The molecule has 1 aliphatic rings. The van der Waals surface area contributed by atoms with Crippen LogP contribution in [0.2, 0.25) is 5.02 Å². The van der Waals surface area contributed by atoms with Crippen molar-refractivity contribution in [2.24, 2.45) is 11.1 Å². The summed E-state index contributed by atoms with van der Waals surface area (Å²) in [6, 6.07) is 6.04. The monoisotopic (exact) mass is 283 g/mol. The zero-order valence-corrected chi connectivity index (χ0v) is 12.2. The maximum absolute atomic E-state index is 6.25. The quantitative estimate of drug-likeness (QED) is 0.782. The van der Waals surface area contributed by atoms with Gasteiger partial charge in [0.05, 0.1) is 24.8 Å². The number of hydrogen-bond donors (Lipinski definition) is 1. The van der Waals surface area contributed by atoms with Crippen LogP contribution in [0.25, 0.3) is 0 Å². The highest BCUT2D eigenvalue weighted by atomic mass is 35.5. The van der Waals surface area contributed by atoms with Crippen molar-refractivity contribution in [2.75, 3.05) is 26.4 Å². The van der Waals surface area contributed by atoms with Gasteiger partial charge in [-0.1, -0.05) is 24.6 Å². The first-order valence-corrected chi connectivity index (χ1v) is 7.20. The first kappa shape index (κ1) is 14.6. The van der Waals surface area contributed by atoms with Crippen molar-refractivity contribution in [3.05, 3.63) is 28.8 Å². The fraction of sp³-hybridized carbons (Fsp3) is 0.600. The van der Waals surface area contributed by atoms with Crippen molar-refractivity contribution >= 4 is 11.6 Å². The van der Waals surface area contributed by atoms with Crippen molar-refractivity contribution in [3.63, 3.8) is 0 Å². The van der Waals surface area contributed by atoms with Gasteiger partial charge in [0, 0.05) is 5.41 Å². The molecule has 1 fully saturated rings. The number of hydrogen-bond acceptors (Lipinski definition) is 3. The van der Waals surface area contributed by atoms with Gasteiger partial charge in [0.15, 0.2) is 0 Å². The summed E-state index contributed by atoms with van der Waals surface area (Å²) in [7, 11) is 0. The van der Waals surface area contributed by atoms with Gasteiger partial charge in [-0.3, -0.25) is 0 Å². The first-order chi connectivity index (χ1) is 9.13. The normalized spacial score (nSPS) is 17.0. The molecule has 2 N–H and O–H groups in total. The molecule has 0 aliphatic carbocycles. The van der Waals surface area contributed by atoms with Crippen LogP contribution in [-0.4, -0.2) is 26.4 Å². The molecule has 0 bridgehead atoms. The Morgan fingerprint density at radius 3 is 2.74 bits per heavy atom. The van der Waals surface area contributed by atoms with Gasteiger partial charge in [-0.25, -0.2) is 0 Å². The summed E-state index contributed by atoms with van der Waals surface area (Å²) in [5, 5.41) is 0.689. The Hall–Kier alpha value is -0.770. The molecule has 0 radical (unpaired) electrons. The van der Waals surface area contributed by atoms with Gasteiger partial charge in [0.2, 0.25) is 0 Å². The second-order valence-corrected chi connectivity index (χ2v) is 6.01. The third-order valence-electron chi connectivity index (χ3n) is 3.39. The summed E-state index contributed by atoms with van der Waals surface area (Å²) in [6.45, 7) is 5.09. The molecule has 1 aliphatic heterocycles. The Bertz CT molecular complexity index is 419. The van der Waals surface area contributed by atoms with Gasteiger partial charge in [-0.2, -0.15) is 0 Å². The molecule has 0 saturated carbocycles. The summed E-state index contributed by atoms with van der Waals surface area (Å²) in [5.41, 5.74) is 6.87. The van der Waals surface area contributed by atoms with E-state index in [1.54, 1.807) is 0 Å². The third-order valence-corrected chi connectivity index (χ3v) is 3.69. The van der Waals surface area contributed by atoms with Crippen LogP contribution < -0.4 is 10.5 Å². The van der Waals surface area contributed by atoms with Crippen LogP contribution in [0.15, 0.2) is 18.2 Å². The van der Waals surface area contributed by atoms with Gasteiger partial charge < -0.3 is 15.2 Å². The van der Waals surface area contributed by atoms with Crippen LogP contribution >= 0.6 is 11.6 Å². The maximum Gasteiger partial charge on any atom is 0.137 e. The third kappa shape index (κ3) is 4.10. The molecule has 2 rings (SSSR count). The smallest absolute Gasteiger partial charge is 0.137 e. The molecule has 106 valence electrons. The number of nitrogens with two attached hydrogens (primary N) is 1. The van der Waals surface area contributed by atoms with Crippen LogP contribution in [0.3, 0.4) is 0 Å². The zero-order chi connectivity index (χ0) is 13.7. The van der Waals surface area contributed by atoms with E-state index in [9.17, 15) is 0 Å². The number of unbranched alkanes of at least 4 members (excludes halogenated alkanes) is 1. The summed E-state index contributed by atoms with van der Waals surface area (Å²) in [4.78, 5) is 0. The van der Waals surface area contributed by atoms with Crippen LogP contribution in [0.4, 0.5) is 0 Å². The SMILES string of the molecule is CC1(COc2ccc(CCCCN)cc2Cl)COC1. The Labute approximate surface area is 120 Å². The van der Waals surface area contributed by atoms with Crippen molar-refractivity contribution in [1.29, 1.82) is 0 Å². The molecule has 0 spiro atoms. The molecule has 4 heteroatoms. The van der Waals surface area contributed by atoms with Gasteiger partial charge in [0.1, 0.15) is 5.75 Å². The molecule has 0 unspecified atom stereocenters. The number of halogens is 1. The highest BCUT2D eigenvalue weighted by Crippen LogP contribution is 2.31. The van der Waals surface area contributed by atoms with E-state index in [1.165, 1.54) is 5.56 Å².